The van der Waals surface area contributed by atoms with Gasteiger partial charge in [-0.1, -0.05) is 31.4 Å². The third kappa shape index (κ3) is 7.94. The van der Waals surface area contributed by atoms with E-state index in [1.54, 1.807) is 7.05 Å². The van der Waals surface area contributed by atoms with Crippen molar-refractivity contribution in [2.24, 2.45) is 0 Å². The molecule has 1 saturated carbocycles. The number of ether oxygens (including phenoxy) is 1. The summed E-state index contributed by atoms with van der Waals surface area (Å²) in [4.78, 5) is 15.5. The number of hydrogen-bond acceptors (Lipinski definition) is 8. The molecule has 2 aromatic rings. The molecule has 2 fully saturated rings. The Hall–Kier alpha value is -2.63. The zero-order valence-electron chi connectivity index (χ0n) is 22.3. The molecule has 38 heavy (non-hydrogen) atoms. The van der Waals surface area contributed by atoms with E-state index in [2.05, 4.69) is 17.3 Å². The lowest BCUT2D eigenvalue weighted by Gasteiger charge is -2.36. The molecule has 0 bridgehead atoms. The number of halogens is 3. The molecule has 1 saturated heterocycles. The van der Waals surface area contributed by atoms with E-state index < -0.39 is 18.8 Å². The molecule has 1 aliphatic heterocycles. The second-order valence-corrected chi connectivity index (χ2v) is 10.2. The van der Waals surface area contributed by atoms with E-state index in [1.807, 2.05) is 35.2 Å². The van der Waals surface area contributed by atoms with Gasteiger partial charge in [0.15, 0.2) is 5.82 Å². The Morgan fingerprint density at radius 3 is 2.53 bits per heavy atom. The van der Waals surface area contributed by atoms with Crippen LogP contribution in [0, 0.1) is 0 Å². The highest BCUT2D eigenvalue weighted by Crippen LogP contribution is 2.31. The molecule has 1 unspecified atom stereocenters. The van der Waals surface area contributed by atoms with Crippen LogP contribution in [0.4, 0.5) is 24.8 Å². The van der Waals surface area contributed by atoms with E-state index >= 15 is 0 Å². The molecule has 0 amide bonds. The number of aliphatic hydroxyl groups excluding tert-OH is 1. The Balaban J connectivity index is 1.58. The number of aromatic nitrogens is 2. The SMILES string of the molecule is CNCC(O)COc1cccc(-c2nc(N3CCN(CC(F)(F)F)CC3)cc(N(C)C3CCCCC3)n2)c1. The number of piperazine rings is 1. The lowest BCUT2D eigenvalue weighted by molar-refractivity contribution is -0.146. The molecule has 2 heterocycles. The normalized spacial score (nSPS) is 18.4. The van der Waals surface area contributed by atoms with Crippen molar-refractivity contribution in [2.75, 3.05) is 69.8 Å². The van der Waals surface area contributed by atoms with Gasteiger partial charge in [-0.2, -0.15) is 13.2 Å². The third-order valence-electron chi connectivity index (χ3n) is 7.26. The Labute approximate surface area is 222 Å². The van der Waals surface area contributed by atoms with Gasteiger partial charge in [0.2, 0.25) is 0 Å². The highest BCUT2D eigenvalue weighted by Gasteiger charge is 2.32. The molecule has 1 aromatic carbocycles. The maximum absolute atomic E-state index is 12.9. The first-order chi connectivity index (χ1) is 18.2. The third-order valence-corrected chi connectivity index (χ3v) is 7.26. The molecular weight excluding hydrogens is 497 g/mol. The number of alkyl halides is 3. The average molecular weight is 537 g/mol. The largest absolute Gasteiger partial charge is 0.491 e. The Morgan fingerprint density at radius 1 is 1.11 bits per heavy atom. The molecular formula is C27H39F3N6O2. The Kier molecular flexibility index (Phi) is 9.67. The number of rotatable bonds is 10. The zero-order valence-corrected chi connectivity index (χ0v) is 22.3. The lowest BCUT2D eigenvalue weighted by atomic mass is 9.94. The van der Waals surface area contributed by atoms with Crippen LogP contribution in [0.2, 0.25) is 0 Å². The molecule has 1 atom stereocenters. The summed E-state index contributed by atoms with van der Waals surface area (Å²) in [6, 6.07) is 9.83. The van der Waals surface area contributed by atoms with Crippen LogP contribution in [0.25, 0.3) is 11.4 Å². The number of anilines is 2. The van der Waals surface area contributed by atoms with Crippen molar-refractivity contribution in [2.45, 2.75) is 50.4 Å². The molecule has 0 spiro atoms. The molecule has 11 heteroatoms. The Morgan fingerprint density at radius 2 is 1.84 bits per heavy atom. The van der Waals surface area contributed by atoms with Gasteiger partial charge >= 0.3 is 6.18 Å². The number of aliphatic hydroxyl groups is 1. The van der Waals surface area contributed by atoms with Gasteiger partial charge < -0.3 is 25.0 Å². The molecule has 8 nitrogen and oxygen atoms in total. The van der Waals surface area contributed by atoms with E-state index in [0.29, 0.717) is 50.3 Å². The molecule has 1 aliphatic carbocycles. The van der Waals surface area contributed by atoms with Crippen LogP contribution in [-0.4, -0.2) is 98.3 Å². The summed E-state index contributed by atoms with van der Waals surface area (Å²) in [7, 11) is 3.84. The van der Waals surface area contributed by atoms with Crippen molar-refractivity contribution in [3.8, 4) is 17.1 Å². The standard InChI is InChI=1S/C27H39F3N6O2/c1-31-17-22(37)18-38-23-10-6-7-20(15-23)26-32-24(34(2)21-8-4-3-5-9-21)16-25(33-26)36-13-11-35(12-14-36)19-27(28,29)30/h6-7,10,15-16,21-22,31,37H,3-5,8-9,11-14,17-19H2,1-2H3. The van der Waals surface area contributed by atoms with Gasteiger partial charge in [0, 0.05) is 57.4 Å². The fraction of sp³-hybridized carbons (Fsp3) is 0.630. The number of likely N-dealkylation sites (N-methyl/N-ethyl adjacent to an activating group) is 1. The maximum atomic E-state index is 12.9. The quantitative estimate of drug-likeness (QED) is 0.478. The summed E-state index contributed by atoms with van der Waals surface area (Å²) in [5.74, 6) is 2.68. The van der Waals surface area contributed by atoms with Gasteiger partial charge in [0.1, 0.15) is 30.1 Å². The first-order valence-electron chi connectivity index (χ1n) is 13.4. The molecule has 1 aromatic heterocycles. The average Bonchev–Trinajstić information content (AvgIpc) is 2.91. The van der Waals surface area contributed by atoms with Crippen LogP contribution in [0.1, 0.15) is 32.1 Å². The predicted molar refractivity (Wildman–Crippen MR) is 143 cm³/mol. The van der Waals surface area contributed by atoms with Gasteiger partial charge in [0.25, 0.3) is 0 Å². The van der Waals surface area contributed by atoms with E-state index in [0.717, 1.165) is 30.0 Å². The number of nitrogens with zero attached hydrogens (tertiary/aromatic N) is 5. The predicted octanol–water partition coefficient (Wildman–Crippen LogP) is 3.56. The van der Waals surface area contributed by atoms with Crippen LogP contribution < -0.4 is 19.9 Å². The zero-order chi connectivity index (χ0) is 27.1. The summed E-state index contributed by atoms with van der Waals surface area (Å²) >= 11 is 0. The number of nitrogens with one attached hydrogen (secondary N) is 1. The van der Waals surface area contributed by atoms with Gasteiger partial charge in [-0.25, -0.2) is 9.97 Å². The summed E-state index contributed by atoms with van der Waals surface area (Å²) in [6.45, 7) is 1.27. The van der Waals surface area contributed by atoms with Crippen LogP contribution in [0.3, 0.4) is 0 Å². The van der Waals surface area contributed by atoms with E-state index in [4.69, 9.17) is 14.7 Å². The lowest BCUT2D eigenvalue weighted by Crippen LogP contribution is -2.49. The van der Waals surface area contributed by atoms with Crippen molar-refractivity contribution >= 4 is 11.6 Å². The highest BCUT2D eigenvalue weighted by atomic mass is 19.4. The molecule has 0 radical (unpaired) electrons. The fourth-order valence-corrected chi connectivity index (χ4v) is 5.15. The molecule has 210 valence electrons. The van der Waals surface area contributed by atoms with E-state index in [9.17, 15) is 18.3 Å². The first-order valence-corrected chi connectivity index (χ1v) is 13.4. The fourth-order valence-electron chi connectivity index (χ4n) is 5.15. The van der Waals surface area contributed by atoms with Gasteiger partial charge in [-0.15, -0.1) is 0 Å². The van der Waals surface area contributed by atoms with Crippen LogP contribution in [0.15, 0.2) is 30.3 Å². The van der Waals surface area contributed by atoms with Crippen LogP contribution in [0.5, 0.6) is 5.75 Å². The topological polar surface area (TPSA) is 77.0 Å². The minimum absolute atomic E-state index is 0.156. The van der Waals surface area contributed by atoms with E-state index in [-0.39, 0.29) is 6.61 Å². The van der Waals surface area contributed by atoms with Crippen LogP contribution in [-0.2, 0) is 0 Å². The van der Waals surface area contributed by atoms with Crippen LogP contribution >= 0.6 is 0 Å². The summed E-state index contributed by atoms with van der Waals surface area (Å²) < 4.78 is 44.4. The monoisotopic (exact) mass is 536 g/mol. The van der Waals surface area contributed by atoms with Crippen molar-refractivity contribution in [1.82, 2.24) is 20.2 Å². The smallest absolute Gasteiger partial charge is 0.401 e. The second kappa shape index (κ2) is 12.9. The van der Waals surface area contributed by atoms with Crippen molar-refractivity contribution in [3.63, 3.8) is 0 Å². The summed E-state index contributed by atoms with van der Waals surface area (Å²) in [5.41, 5.74) is 0.779. The van der Waals surface area contributed by atoms with Gasteiger partial charge in [-0.05, 0) is 32.0 Å². The summed E-state index contributed by atoms with van der Waals surface area (Å²) in [5, 5.41) is 12.9. The Bertz CT molecular complexity index is 1030. The van der Waals surface area contributed by atoms with E-state index in [1.165, 1.54) is 24.2 Å². The molecule has 2 aliphatic rings. The highest BCUT2D eigenvalue weighted by molar-refractivity contribution is 5.64. The van der Waals surface area contributed by atoms with Gasteiger partial charge in [0.05, 0.1) is 6.54 Å². The first kappa shape index (κ1) is 28.4. The summed E-state index contributed by atoms with van der Waals surface area (Å²) in [6.07, 6.45) is 1.03. The maximum Gasteiger partial charge on any atom is 0.401 e. The van der Waals surface area contributed by atoms with Crippen molar-refractivity contribution in [1.29, 1.82) is 0 Å². The molecule has 2 N–H and O–H groups in total. The van der Waals surface area contributed by atoms with Crippen molar-refractivity contribution in [3.05, 3.63) is 30.3 Å². The number of hydrogen-bond donors (Lipinski definition) is 2. The molecule has 4 rings (SSSR count). The van der Waals surface area contributed by atoms with Gasteiger partial charge in [-0.3, -0.25) is 4.90 Å². The second-order valence-electron chi connectivity index (χ2n) is 10.2. The minimum Gasteiger partial charge on any atom is -0.491 e. The van der Waals surface area contributed by atoms with Crippen molar-refractivity contribution < 1.29 is 23.0 Å². The minimum atomic E-state index is -4.20. The number of benzene rings is 1.